The van der Waals surface area contributed by atoms with Gasteiger partial charge in [0.25, 0.3) is 0 Å². The van der Waals surface area contributed by atoms with Crippen molar-refractivity contribution in [3.63, 3.8) is 0 Å². The number of halogens is 1. The fourth-order valence-electron chi connectivity index (χ4n) is 2.73. The van der Waals surface area contributed by atoms with Crippen molar-refractivity contribution in [3.8, 4) is 5.75 Å². The zero-order valence-electron chi connectivity index (χ0n) is 15.3. The average molecular weight is 445 g/mol. The topological polar surface area (TPSA) is 68.2 Å². The molecule has 0 fully saturated rings. The second kappa shape index (κ2) is 10.0. The average Bonchev–Trinajstić information content (AvgIpc) is 3.22. The Hall–Kier alpha value is -2.67. The predicted molar refractivity (Wildman–Crippen MR) is 109 cm³/mol. The van der Waals surface area contributed by atoms with Crippen LogP contribution in [0.5, 0.6) is 5.75 Å². The molecule has 0 aliphatic carbocycles. The second-order valence-corrected chi connectivity index (χ2v) is 7.12. The van der Waals surface area contributed by atoms with E-state index >= 15 is 0 Å². The molecule has 1 amide bonds. The molecule has 28 heavy (non-hydrogen) atoms. The highest BCUT2D eigenvalue weighted by Crippen LogP contribution is 2.16. The molecular formula is C21H21BrN2O4. The Morgan fingerprint density at radius 2 is 1.75 bits per heavy atom. The molecule has 6 nitrogen and oxygen atoms in total. The maximum Gasteiger partial charge on any atom is 0.306 e. The highest BCUT2D eigenvalue weighted by molar-refractivity contribution is 9.10. The summed E-state index contributed by atoms with van der Waals surface area (Å²) in [5.41, 5.74) is 1.91. The fourth-order valence-corrected chi connectivity index (χ4v) is 2.99. The van der Waals surface area contributed by atoms with Crippen molar-refractivity contribution in [1.82, 2.24) is 5.01 Å². The van der Waals surface area contributed by atoms with Crippen molar-refractivity contribution >= 4 is 33.5 Å². The first-order valence-corrected chi connectivity index (χ1v) is 9.88. The Kier molecular flexibility index (Phi) is 7.19. The summed E-state index contributed by atoms with van der Waals surface area (Å²) in [5, 5.41) is 5.81. The van der Waals surface area contributed by atoms with Gasteiger partial charge in [0.1, 0.15) is 19.0 Å². The fraction of sp³-hybridized carbons (Fsp3) is 0.286. The molecule has 0 unspecified atom stereocenters. The molecule has 146 valence electrons. The van der Waals surface area contributed by atoms with E-state index < -0.39 is 5.97 Å². The van der Waals surface area contributed by atoms with Crippen molar-refractivity contribution in [2.45, 2.75) is 19.3 Å². The third kappa shape index (κ3) is 5.92. The lowest BCUT2D eigenvalue weighted by molar-refractivity contribution is -0.146. The summed E-state index contributed by atoms with van der Waals surface area (Å²) in [6.45, 7) is 0.945. The number of benzene rings is 2. The van der Waals surface area contributed by atoms with Crippen LogP contribution < -0.4 is 4.74 Å². The van der Waals surface area contributed by atoms with Crippen LogP contribution in [0.15, 0.2) is 64.2 Å². The number of amides is 1. The lowest BCUT2D eigenvalue weighted by Crippen LogP contribution is -2.24. The van der Waals surface area contributed by atoms with E-state index in [-0.39, 0.29) is 32.0 Å². The zero-order chi connectivity index (χ0) is 19.8. The number of esters is 1. The molecule has 0 saturated heterocycles. The minimum atomic E-state index is -0.417. The lowest BCUT2D eigenvalue weighted by Gasteiger charge is -2.11. The summed E-state index contributed by atoms with van der Waals surface area (Å²) in [5.74, 6) is 0.115. The molecule has 2 aromatic rings. The van der Waals surface area contributed by atoms with E-state index in [1.165, 1.54) is 5.01 Å². The van der Waals surface area contributed by atoms with Gasteiger partial charge in [-0.1, -0.05) is 46.3 Å². The number of carbonyl (C=O) groups excluding carboxylic acids is 2. The van der Waals surface area contributed by atoms with E-state index in [0.29, 0.717) is 18.7 Å². The molecule has 1 heterocycles. The Labute approximate surface area is 172 Å². The molecule has 3 rings (SSSR count). The van der Waals surface area contributed by atoms with Crippen LogP contribution in [0.25, 0.3) is 0 Å². The quantitative estimate of drug-likeness (QED) is 0.458. The summed E-state index contributed by atoms with van der Waals surface area (Å²) < 4.78 is 11.6. The van der Waals surface area contributed by atoms with E-state index in [1.807, 2.05) is 54.6 Å². The number of hydrogen-bond donors (Lipinski definition) is 0. The van der Waals surface area contributed by atoms with Crippen LogP contribution in [0.1, 0.15) is 24.8 Å². The van der Waals surface area contributed by atoms with Crippen LogP contribution in [0, 0.1) is 0 Å². The smallest absolute Gasteiger partial charge is 0.306 e. The number of ether oxygens (including phenoxy) is 2. The molecule has 0 bridgehead atoms. The van der Waals surface area contributed by atoms with Crippen molar-refractivity contribution in [1.29, 1.82) is 0 Å². The standard InChI is InChI=1S/C21H21BrN2O4/c22-17-6-8-18(9-7-17)27-14-15-28-21(26)11-10-20(25)24-13-12-19(23-24)16-4-2-1-3-5-16/h1-9H,10-15H2. The van der Waals surface area contributed by atoms with Gasteiger partial charge in [-0.05, 0) is 29.8 Å². The number of hydrogen-bond acceptors (Lipinski definition) is 5. The van der Waals surface area contributed by atoms with Gasteiger partial charge in [-0.3, -0.25) is 9.59 Å². The van der Waals surface area contributed by atoms with Gasteiger partial charge in [0.2, 0.25) is 5.91 Å². The summed E-state index contributed by atoms with van der Waals surface area (Å²) in [6.07, 6.45) is 0.829. The molecule has 0 atom stereocenters. The molecular weight excluding hydrogens is 424 g/mol. The third-order valence-electron chi connectivity index (χ3n) is 4.17. The number of hydrazone groups is 1. The molecule has 2 aromatic carbocycles. The second-order valence-electron chi connectivity index (χ2n) is 6.20. The van der Waals surface area contributed by atoms with Gasteiger partial charge < -0.3 is 9.47 Å². The first kappa shape index (κ1) is 20.1. The minimum absolute atomic E-state index is 0.0316. The van der Waals surface area contributed by atoms with Crippen LogP contribution >= 0.6 is 15.9 Å². The van der Waals surface area contributed by atoms with E-state index in [4.69, 9.17) is 9.47 Å². The Balaban J connectivity index is 1.34. The monoisotopic (exact) mass is 444 g/mol. The Bertz CT molecular complexity index is 837. The van der Waals surface area contributed by atoms with Gasteiger partial charge in [-0.2, -0.15) is 5.10 Å². The third-order valence-corrected chi connectivity index (χ3v) is 4.70. The van der Waals surface area contributed by atoms with E-state index in [1.54, 1.807) is 0 Å². The molecule has 0 N–H and O–H groups in total. The van der Waals surface area contributed by atoms with Crippen LogP contribution in [-0.2, 0) is 14.3 Å². The van der Waals surface area contributed by atoms with Crippen molar-refractivity contribution < 1.29 is 19.1 Å². The lowest BCUT2D eigenvalue weighted by atomic mass is 10.1. The molecule has 1 aliphatic heterocycles. The predicted octanol–water partition coefficient (Wildman–Crippen LogP) is 3.79. The van der Waals surface area contributed by atoms with E-state index in [2.05, 4.69) is 21.0 Å². The molecule has 1 aliphatic rings. The van der Waals surface area contributed by atoms with Crippen LogP contribution in [0.2, 0.25) is 0 Å². The van der Waals surface area contributed by atoms with Crippen molar-refractivity contribution in [2.75, 3.05) is 19.8 Å². The van der Waals surface area contributed by atoms with E-state index in [9.17, 15) is 9.59 Å². The highest BCUT2D eigenvalue weighted by atomic mass is 79.9. The normalized spacial score (nSPS) is 13.2. The van der Waals surface area contributed by atoms with Gasteiger partial charge in [-0.25, -0.2) is 5.01 Å². The maximum absolute atomic E-state index is 12.3. The van der Waals surface area contributed by atoms with Crippen LogP contribution in [0.4, 0.5) is 0 Å². The SMILES string of the molecule is O=C(CCC(=O)N1CCC(c2ccccc2)=N1)OCCOc1ccc(Br)cc1. The number of rotatable bonds is 8. The van der Waals surface area contributed by atoms with Gasteiger partial charge in [0.15, 0.2) is 0 Å². The van der Waals surface area contributed by atoms with E-state index in [0.717, 1.165) is 15.7 Å². The minimum Gasteiger partial charge on any atom is -0.490 e. The first-order valence-electron chi connectivity index (χ1n) is 9.09. The largest absolute Gasteiger partial charge is 0.490 e. The Morgan fingerprint density at radius 3 is 2.50 bits per heavy atom. The number of nitrogens with zero attached hydrogens (tertiary/aromatic N) is 2. The summed E-state index contributed by atoms with van der Waals surface area (Å²) in [7, 11) is 0. The molecule has 0 spiro atoms. The molecule has 0 saturated carbocycles. The number of carbonyl (C=O) groups is 2. The van der Waals surface area contributed by atoms with Crippen molar-refractivity contribution in [2.24, 2.45) is 5.10 Å². The van der Waals surface area contributed by atoms with Gasteiger partial charge >= 0.3 is 5.97 Å². The van der Waals surface area contributed by atoms with Gasteiger partial charge in [-0.15, -0.1) is 0 Å². The zero-order valence-corrected chi connectivity index (χ0v) is 16.9. The summed E-state index contributed by atoms with van der Waals surface area (Å²) in [4.78, 5) is 24.1. The Morgan fingerprint density at radius 1 is 1.00 bits per heavy atom. The van der Waals surface area contributed by atoms with Crippen LogP contribution in [0.3, 0.4) is 0 Å². The van der Waals surface area contributed by atoms with Gasteiger partial charge in [0, 0.05) is 17.3 Å². The van der Waals surface area contributed by atoms with Crippen LogP contribution in [-0.4, -0.2) is 42.4 Å². The summed E-state index contributed by atoms with van der Waals surface area (Å²) >= 11 is 3.35. The molecule has 0 aromatic heterocycles. The van der Waals surface area contributed by atoms with Crippen molar-refractivity contribution in [3.05, 3.63) is 64.6 Å². The maximum atomic E-state index is 12.3. The molecule has 0 radical (unpaired) electrons. The molecule has 7 heteroatoms. The highest BCUT2D eigenvalue weighted by Gasteiger charge is 2.22. The summed E-state index contributed by atoms with van der Waals surface area (Å²) in [6, 6.07) is 17.2. The van der Waals surface area contributed by atoms with Gasteiger partial charge in [0.05, 0.1) is 18.7 Å². The first-order chi connectivity index (χ1) is 13.6.